The molecule has 0 unspecified atom stereocenters. The van der Waals surface area contributed by atoms with E-state index in [9.17, 15) is 0 Å². The molecule has 1 heteroatoms. The number of ether oxygens (including phenoxy) is 1. The van der Waals surface area contributed by atoms with Crippen LogP contribution in [-0.4, -0.2) is 6.61 Å². The van der Waals surface area contributed by atoms with Crippen molar-refractivity contribution in [3.05, 3.63) is 6.61 Å². The fourth-order valence-electron chi connectivity index (χ4n) is 3.20. The van der Waals surface area contributed by atoms with Crippen LogP contribution in [0.4, 0.5) is 0 Å². The fourth-order valence-corrected chi connectivity index (χ4v) is 3.20. The van der Waals surface area contributed by atoms with E-state index in [0.29, 0.717) is 0 Å². The van der Waals surface area contributed by atoms with Gasteiger partial charge in [-0.1, -0.05) is 123 Å². The molecule has 0 saturated heterocycles. The van der Waals surface area contributed by atoms with Crippen LogP contribution >= 0.6 is 0 Å². The Morgan fingerprint density at radius 1 is 0.458 bits per heavy atom. The molecule has 145 valence electrons. The van der Waals surface area contributed by atoms with Crippen LogP contribution in [0.3, 0.4) is 0 Å². The third-order valence-corrected chi connectivity index (χ3v) is 4.91. The normalized spacial score (nSPS) is 11.2. The van der Waals surface area contributed by atoms with Gasteiger partial charge in [0.25, 0.3) is 0 Å². The van der Waals surface area contributed by atoms with Gasteiger partial charge in [-0.05, 0) is 12.8 Å². The van der Waals surface area contributed by atoms with E-state index in [1.54, 1.807) is 0 Å². The van der Waals surface area contributed by atoms with E-state index in [4.69, 9.17) is 4.74 Å². The van der Waals surface area contributed by atoms with Gasteiger partial charge in [-0.2, -0.15) is 0 Å². The lowest BCUT2D eigenvalue weighted by molar-refractivity contribution is 0.183. The van der Waals surface area contributed by atoms with Gasteiger partial charge in [0.15, 0.2) is 0 Å². The van der Waals surface area contributed by atoms with Crippen LogP contribution in [0, 0.1) is 6.61 Å². The van der Waals surface area contributed by atoms with Gasteiger partial charge in [0.2, 0.25) is 0 Å². The number of hydrogen-bond acceptors (Lipinski definition) is 1. The van der Waals surface area contributed by atoms with Crippen LogP contribution < -0.4 is 0 Å². The molecule has 0 aromatic heterocycles. The monoisotopic (exact) mass is 339 g/mol. The summed E-state index contributed by atoms with van der Waals surface area (Å²) in [6, 6.07) is 0. The molecule has 0 bridgehead atoms. The predicted octanol–water partition coefficient (Wildman–Crippen LogP) is 8.62. The highest BCUT2D eigenvalue weighted by Crippen LogP contribution is 2.12. The molecule has 0 rings (SSSR count). The zero-order chi connectivity index (χ0) is 17.6. The molecule has 0 atom stereocenters. The van der Waals surface area contributed by atoms with Gasteiger partial charge in [-0.3, -0.25) is 0 Å². The summed E-state index contributed by atoms with van der Waals surface area (Å²) in [6.45, 7) is 7.56. The Bertz CT molecular complexity index is 180. The van der Waals surface area contributed by atoms with Crippen LogP contribution in [-0.2, 0) is 4.74 Å². The second kappa shape index (κ2) is 23.0. The summed E-state index contributed by atoms with van der Waals surface area (Å²) in [7, 11) is 0. The van der Waals surface area contributed by atoms with Crippen molar-refractivity contribution in [2.24, 2.45) is 0 Å². The lowest BCUT2D eigenvalue weighted by Crippen LogP contribution is -1.92. The zero-order valence-electron chi connectivity index (χ0n) is 17.1. The van der Waals surface area contributed by atoms with Crippen molar-refractivity contribution >= 4 is 0 Å². The Morgan fingerprint density at radius 3 is 1.29 bits per heavy atom. The first-order valence-electron chi connectivity index (χ1n) is 11.3. The van der Waals surface area contributed by atoms with E-state index in [2.05, 4.69) is 20.5 Å². The number of hydrogen-bond donors (Lipinski definition) is 0. The zero-order valence-corrected chi connectivity index (χ0v) is 17.1. The van der Waals surface area contributed by atoms with Crippen LogP contribution in [0.5, 0.6) is 0 Å². The summed E-state index contributed by atoms with van der Waals surface area (Å²) in [5.41, 5.74) is 0. The summed E-state index contributed by atoms with van der Waals surface area (Å²) in [5, 5.41) is 0. The molecule has 0 spiro atoms. The van der Waals surface area contributed by atoms with E-state index in [1.165, 1.54) is 116 Å². The second-order valence-corrected chi connectivity index (χ2v) is 7.48. The van der Waals surface area contributed by atoms with Gasteiger partial charge >= 0.3 is 0 Å². The maximum Gasteiger partial charge on any atom is 0.0836 e. The lowest BCUT2D eigenvalue weighted by atomic mass is 10.1. The topological polar surface area (TPSA) is 9.23 Å². The summed E-state index contributed by atoms with van der Waals surface area (Å²) < 4.78 is 5.63. The molecule has 1 nitrogen and oxygen atoms in total. The Labute approximate surface area is 154 Å². The van der Waals surface area contributed by atoms with Crippen LogP contribution in [0.25, 0.3) is 0 Å². The fraction of sp³-hybridized carbons (Fsp3) is 0.957. The standard InChI is InChI=1S/C23H47O/c1-3-5-7-9-11-12-13-14-15-17-19-21-23-24-22-20-18-16-10-8-6-4-2/h23H,3-22H2,1-2H3. The smallest absolute Gasteiger partial charge is 0.0836 e. The quantitative estimate of drug-likeness (QED) is 0.190. The molecule has 24 heavy (non-hydrogen) atoms. The average molecular weight is 340 g/mol. The lowest BCUT2D eigenvalue weighted by Gasteiger charge is -2.04. The van der Waals surface area contributed by atoms with Crippen molar-refractivity contribution < 1.29 is 4.74 Å². The summed E-state index contributed by atoms with van der Waals surface area (Å²) in [4.78, 5) is 0. The number of unbranched alkanes of at least 4 members (excludes halogenated alkanes) is 17. The minimum atomic E-state index is 0.936. The molecule has 0 N–H and O–H groups in total. The predicted molar refractivity (Wildman–Crippen MR) is 109 cm³/mol. The van der Waals surface area contributed by atoms with Crippen LogP contribution in [0.1, 0.15) is 136 Å². The molecule has 0 aromatic carbocycles. The molecule has 0 aliphatic heterocycles. The van der Waals surface area contributed by atoms with Crippen molar-refractivity contribution in [3.8, 4) is 0 Å². The molecule has 0 aliphatic carbocycles. The maximum absolute atomic E-state index is 5.63. The Kier molecular flexibility index (Phi) is 22.9. The molecular formula is C23H47O. The number of rotatable bonds is 21. The van der Waals surface area contributed by atoms with Crippen LogP contribution in [0.2, 0.25) is 0 Å². The summed E-state index contributed by atoms with van der Waals surface area (Å²) in [5.74, 6) is 0. The van der Waals surface area contributed by atoms with Gasteiger partial charge in [-0.15, -0.1) is 0 Å². The Morgan fingerprint density at radius 2 is 0.833 bits per heavy atom. The Balaban J connectivity index is 2.93. The molecule has 0 saturated carbocycles. The SMILES string of the molecule is CCCCCCCCCCCCC[CH]OCCCCCCCCC. The highest BCUT2D eigenvalue weighted by molar-refractivity contribution is 4.54. The van der Waals surface area contributed by atoms with Crippen molar-refractivity contribution in [3.63, 3.8) is 0 Å². The first kappa shape index (κ1) is 24.0. The molecule has 1 radical (unpaired) electrons. The first-order valence-corrected chi connectivity index (χ1v) is 11.3. The Hall–Kier alpha value is -0.0400. The second-order valence-electron chi connectivity index (χ2n) is 7.48. The maximum atomic E-state index is 5.63. The van der Waals surface area contributed by atoms with Crippen molar-refractivity contribution in [2.75, 3.05) is 6.61 Å². The minimum Gasteiger partial charge on any atom is -0.376 e. The molecule has 0 aliphatic rings. The van der Waals surface area contributed by atoms with E-state index < -0.39 is 0 Å². The van der Waals surface area contributed by atoms with E-state index in [1.807, 2.05) is 0 Å². The van der Waals surface area contributed by atoms with E-state index >= 15 is 0 Å². The molecule has 0 fully saturated rings. The van der Waals surface area contributed by atoms with Gasteiger partial charge in [0, 0.05) is 6.61 Å². The molecular weight excluding hydrogens is 292 g/mol. The minimum absolute atomic E-state index is 0.936. The van der Waals surface area contributed by atoms with Gasteiger partial charge in [-0.25, -0.2) is 0 Å². The summed E-state index contributed by atoms with van der Waals surface area (Å²) >= 11 is 0. The largest absolute Gasteiger partial charge is 0.376 e. The third-order valence-electron chi connectivity index (χ3n) is 4.91. The van der Waals surface area contributed by atoms with Crippen molar-refractivity contribution in [1.29, 1.82) is 0 Å². The highest BCUT2D eigenvalue weighted by atomic mass is 16.5. The first-order chi connectivity index (χ1) is 11.9. The summed E-state index contributed by atoms with van der Waals surface area (Å²) in [6.07, 6.45) is 26.3. The average Bonchev–Trinajstić information content (AvgIpc) is 2.60. The molecule has 0 heterocycles. The highest BCUT2D eigenvalue weighted by Gasteiger charge is 1.95. The van der Waals surface area contributed by atoms with Gasteiger partial charge in [0.1, 0.15) is 0 Å². The van der Waals surface area contributed by atoms with Crippen molar-refractivity contribution in [2.45, 2.75) is 136 Å². The molecule has 0 aromatic rings. The van der Waals surface area contributed by atoms with E-state index in [0.717, 1.165) is 13.0 Å². The van der Waals surface area contributed by atoms with Crippen LogP contribution in [0.15, 0.2) is 0 Å². The third kappa shape index (κ3) is 22.0. The van der Waals surface area contributed by atoms with Gasteiger partial charge < -0.3 is 4.74 Å². The molecule has 0 amide bonds. The van der Waals surface area contributed by atoms with Gasteiger partial charge in [0.05, 0.1) is 6.61 Å². The van der Waals surface area contributed by atoms with E-state index in [-0.39, 0.29) is 0 Å². The van der Waals surface area contributed by atoms with Crippen molar-refractivity contribution in [1.82, 2.24) is 0 Å².